The largest absolute Gasteiger partial charge is 0.416 e. The first kappa shape index (κ1) is 24.0. The Morgan fingerprint density at radius 3 is 2.44 bits per heavy atom. The van der Waals surface area contributed by atoms with E-state index in [0.717, 1.165) is 32.0 Å². The molecule has 9 heteroatoms. The maximum atomic E-state index is 12.8. The van der Waals surface area contributed by atoms with Crippen LogP contribution in [0.2, 0.25) is 0 Å². The quantitative estimate of drug-likeness (QED) is 0.804. The first-order valence-corrected chi connectivity index (χ1v) is 8.81. The van der Waals surface area contributed by atoms with Crippen molar-refractivity contribution in [3.8, 4) is 0 Å². The van der Waals surface area contributed by atoms with Gasteiger partial charge in [-0.15, -0.1) is 24.8 Å². The highest BCUT2D eigenvalue weighted by Crippen LogP contribution is 2.29. The maximum absolute atomic E-state index is 12.8. The van der Waals surface area contributed by atoms with Crippen molar-refractivity contribution in [3.05, 3.63) is 35.4 Å². The van der Waals surface area contributed by atoms with Crippen molar-refractivity contribution in [1.82, 2.24) is 15.1 Å². The summed E-state index contributed by atoms with van der Waals surface area (Å²) in [5, 5.41) is 3.26. The summed E-state index contributed by atoms with van der Waals surface area (Å²) in [6.45, 7) is 4.90. The van der Waals surface area contributed by atoms with Gasteiger partial charge in [0.2, 0.25) is 5.91 Å². The van der Waals surface area contributed by atoms with Crippen molar-refractivity contribution < 1.29 is 18.0 Å². The molecule has 0 bridgehead atoms. The fourth-order valence-electron chi connectivity index (χ4n) is 3.55. The second-order valence-corrected chi connectivity index (χ2v) is 6.84. The van der Waals surface area contributed by atoms with Gasteiger partial charge in [0.25, 0.3) is 0 Å². The molecule has 0 saturated carbocycles. The molecule has 1 unspecified atom stereocenters. The van der Waals surface area contributed by atoms with Crippen LogP contribution in [0.1, 0.15) is 24.0 Å². The molecule has 0 spiro atoms. The molecule has 1 aromatic carbocycles. The van der Waals surface area contributed by atoms with Gasteiger partial charge < -0.3 is 10.2 Å². The number of piperazine rings is 1. The summed E-state index contributed by atoms with van der Waals surface area (Å²) in [5.74, 6) is 0.287. The molecule has 2 aliphatic rings. The molecule has 2 aliphatic heterocycles. The van der Waals surface area contributed by atoms with Gasteiger partial charge in [0, 0.05) is 39.3 Å². The number of hydrogen-bond donors (Lipinski definition) is 1. The SMILES string of the molecule is Cl.Cl.O=C(C1CCCNC1)N1CCN(Cc2cccc(C(F)(F)F)c2)CC1. The zero-order valence-electron chi connectivity index (χ0n) is 15.0. The van der Waals surface area contributed by atoms with E-state index in [9.17, 15) is 18.0 Å². The summed E-state index contributed by atoms with van der Waals surface area (Å²) in [4.78, 5) is 16.5. The molecular formula is C18H26Cl2F3N3O. The van der Waals surface area contributed by atoms with Crippen molar-refractivity contribution in [2.75, 3.05) is 39.3 Å². The van der Waals surface area contributed by atoms with Crippen LogP contribution < -0.4 is 5.32 Å². The zero-order valence-corrected chi connectivity index (χ0v) is 16.6. The van der Waals surface area contributed by atoms with Crippen LogP contribution in [0, 0.1) is 5.92 Å². The smallest absolute Gasteiger partial charge is 0.340 e. The third-order valence-electron chi connectivity index (χ3n) is 4.99. The van der Waals surface area contributed by atoms with Crippen LogP contribution >= 0.6 is 24.8 Å². The first-order chi connectivity index (χ1) is 11.9. The van der Waals surface area contributed by atoms with Crippen LogP contribution in [0.25, 0.3) is 0 Å². The van der Waals surface area contributed by atoms with Crippen LogP contribution in [-0.2, 0) is 17.5 Å². The molecule has 0 aliphatic carbocycles. The van der Waals surface area contributed by atoms with E-state index in [2.05, 4.69) is 10.2 Å². The third kappa shape index (κ3) is 6.52. The molecule has 0 radical (unpaired) electrons. The lowest BCUT2D eigenvalue weighted by Crippen LogP contribution is -2.51. The Bertz CT molecular complexity index is 602. The minimum atomic E-state index is -4.31. The number of alkyl halides is 3. The maximum Gasteiger partial charge on any atom is 0.416 e. The number of hydrogen-bond acceptors (Lipinski definition) is 3. The van der Waals surface area contributed by atoms with Gasteiger partial charge in [-0.3, -0.25) is 9.69 Å². The van der Waals surface area contributed by atoms with Gasteiger partial charge in [0.1, 0.15) is 0 Å². The average molecular weight is 428 g/mol. The van der Waals surface area contributed by atoms with E-state index in [1.54, 1.807) is 6.07 Å². The Balaban J connectivity index is 0.00000182. The summed E-state index contributed by atoms with van der Waals surface area (Å²) >= 11 is 0. The van der Waals surface area contributed by atoms with Crippen molar-refractivity contribution >= 4 is 30.7 Å². The lowest BCUT2D eigenvalue weighted by molar-refractivity contribution is -0.138. The number of carbonyl (C=O) groups excluding carboxylic acids is 1. The molecule has 2 fully saturated rings. The van der Waals surface area contributed by atoms with E-state index in [-0.39, 0.29) is 36.6 Å². The Hall–Kier alpha value is -1.02. The molecule has 1 amide bonds. The monoisotopic (exact) mass is 427 g/mol. The molecule has 3 rings (SSSR count). The number of halogens is 5. The van der Waals surface area contributed by atoms with E-state index in [1.807, 2.05) is 4.90 Å². The Morgan fingerprint density at radius 1 is 1.15 bits per heavy atom. The van der Waals surface area contributed by atoms with Crippen LogP contribution in [0.4, 0.5) is 13.2 Å². The molecule has 2 heterocycles. The Labute approximate surface area is 170 Å². The molecule has 154 valence electrons. The molecule has 1 N–H and O–H groups in total. The normalized spacial score (nSPS) is 21.1. The third-order valence-corrected chi connectivity index (χ3v) is 4.99. The summed E-state index contributed by atoms with van der Waals surface area (Å²) in [5.41, 5.74) is 0.0506. The van der Waals surface area contributed by atoms with Gasteiger partial charge in [-0.2, -0.15) is 13.2 Å². The summed E-state index contributed by atoms with van der Waals surface area (Å²) in [7, 11) is 0. The summed E-state index contributed by atoms with van der Waals surface area (Å²) in [6, 6.07) is 5.48. The fourth-order valence-corrected chi connectivity index (χ4v) is 3.55. The number of carbonyl (C=O) groups is 1. The molecule has 0 aromatic heterocycles. The van der Waals surface area contributed by atoms with Gasteiger partial charge in [0.15, 0.2) is 0 Å². The van der Waals surface area contributed by atoms with Crippen molar-refractivity contribution in [2.45, 2.75) is 25.6 Å². The molecule has 1 aromatic rings. The highest BCUT2D eigenvalue weighted by molar-refractivity contribution is 5.85. The predicted octanol–water partition coefficient (Wildman–Crippen LogP) is 3.19. The number of nitrogens with zero attached hydrogens (tertiary/aromatic N) is 2. The summed E-state index contributed by atoms with van der Waals surface area (Å²) < 4.78 is 38.4. The standard InChI is InChI=1S/C18H24F3N3O.2ClH/c19-18(20,21)16-5-1-3-14(11-16)13-23-7-9-24(10-8-23)17(25)15-4-2-6-22-12-15;;/h1,3,5,11,15,22H,2,4,6-10,12-13H2;2*1H. The van der Waals surface area contributed by atoms with Crippen molar-refractivity contribution in [1.29, 1.82) is 0 Å². The lowest BCUT2D eigenvalue weighted by atomic mass is 9.98. The van der Waals surface area contributed by atoms with E-state index in [0.29, 0.717) is 38.3 Å². The number of nitrogens with one attached hydrogen (secondary N) is 1. The van der Waals surface area contributed by atoms with Crippen LogP contribution in [0.5, 0.6) is 0 Å². The molecule has 1 atom stereocenters. The van der Waals surface area contributed by atoms with Gasteiger partial charge >= 0.3 is 6.18 Å². The van der Waals surface area contributed by atoms with E-state index in [4.69, 9.17) is 0 Å². The number of benzene rings is 1. The van der Waals surface area contributed by atoms with E-state index in [1.165, 1.54) is 12.1 Å². The second-order valence-electron chi connectivity index (χ2n) is 6.84. The highest BCUT2D eigenvalue weighted by Gasteiger charge is 2.31. The van der Waals surface area contributed by atoms with Crippen molar-refractivity contribution in [3.63, 3.8) is 0 Å². The van der Waals surface area contributed by atoms with E-state index >= 15 is 0 Å². The molecular weight excluding hydrogens is 402 g/mol. The number of amides is 1. The Kier molecular flexibility index (Phi) is 9.34. The van der Waals surface area contributed by atoms with Gasteiger partial charge in [-0.25, -0.2) is 0 Å². The number of rotatable bonds is 3. The summed E-state index contributed by atoms with van der Waals surface area (Å²) in [6.07, 6.45) is -2.34. The molecule has 4 nitrogen and oxygen atoms in total. The van der Waals surface area contributed by atoms with E-state index < -0.39 is 11.7 Å². The molecule has 2 saturated heterocycles. The van der Waals surface area contributed by atoms with Gasteiger partial charge in [-0.05, 0) is 31.0 Å². The van der Waals surface area contributed by atoms with Gasteiger partial charge in [0.05, 0.1) is 11.5 Å². The minimum Gasteiger partial charge on any atom is -0.340 e. The predicted molar refractivity (Wildman–Crippen MR) is 103 cm³/mol. The minimum absolute atomic E-state index is 0. The van der Waals surface area contributed by atoms with Crippen LogP contribution in [0.15, 0.2) is 24.3 Å². The number of piperidine rings is 1. The first-order valence-electron chi connectivity index (χ1n) is 8.81. The molecule has 27 heavy (non-hydrogen) atoms. The highest BCUT2D eigenvalue weighted by atomic mass is 35.5. The second kappa shape index (κ2) is 10.5. The van der Waals surface area contributed by atoms with Crippen LogP contribution in [-0.4, -0.2) is 55.0 Å². The fraction of sp³-hybridized carbons (Fsp3) is 0.611. The zero-order chi connectivity index (χ0) is 17.9. The van der Waals surface area contributed by atoms with Crippen LogP contribution in [0.3, 0.4) is 0 Å². The van der Waals surface area contributed by atoms with Gasteiger partial charge in [-0.1, -0.05) is 18.2 Å². The lowest BCUT2D eigenvalue weighted by Gasteiger charge is -2.37. The topological polar surface area (TPSA) is 35.6 Å². The average Bonchev–Trinajstić information content (AvgIpc) is 2.62. The van der Waals surface area contributed by atoms with Crippen molar-refractivity contribution in [2.24, 2.45) is 5.92 Å². The Morgan fingerprint density at radius 2 is 1.85 bits per heavy atom.